The lowest BCUT2D eigenvalue weighted by Gasteiger charge is -2.30. The molecule has 1 aromatic rings. The van der Waals surface area contributed by atoms with E-state index in [9.17, 15) is 5.11 Å². The Hall–Kier alpha value is -1.02. The maximum atomic E-state index is 10.1. The lowest BCUT2D eigenvalue weighted by molar-refractivity contribution is 0.113. The topological polar surface area (TPSA) is 29.5 Å². The number of aliphatic hydroxyl groups is 1. The summed E-state index contributed by atoms with van der Waals surface area (Å²) in [5, 5.41) is 10.1. The number of ether oxygens (including phenoxy) is 1. The summed E-state index contributed by atoms with van der Waals surface area (Å²) >= 11 is 0. The van der Waals surface area contributed by atoms with Crippen LogP contribution < -0.4 is 4.74 Å². The van der Waals surface area contributed by atoms with Gasteiger partial charge in [0.1, 0.15) is 5.75 Å². The van der Waals surface area contributed by atoms with Gasteiger partial charge in [-0.3, -0.25) is 0 Å². The minimum Gasteiger partial charge on any atom is -0.493 e. The van der Waals surface area contributed by atoms with E-state index in [0.29, 0.717) is 13.0 Å². The Balaban J connectivity index is 2.63. The summed E-state index contributed by atoms with van der Waals surface area (Å²) in [7, 11) is 0. The second-order valence-electron chi connectivity index (χ2n) is 5.58. The molecule has 1 atom stereocenters. The van der Waals surface area contributed by atoms with Crippen LogP contribution in [0.25, 0.3) is 0 Å². The zero-order valence-corrected chi connectivity index (χ0v) is 10.5. The van der Waals surface area contributed by atoms with Gasteiger partial charge in [-0.2, -0.15) is 0 Å². The molecular formula is C14H20O2. The van der Waals surface area contributed by atoms with Gasteiger partial charge in [-0.25, -0.2) is 0 Å². The first-order valence-corrected chi connectivity index (χ1v) is 5.86. The number of aliphatic hydroxyl groups excluding tert-OH is 1. The van der Waals surface area contributed by atoms with Gasteiger partial charge in [-0.1, -0.05) is 32.9 Å². The monoisotopic (exact) mass is 220 g/mol. The zero-order chi connectivity index (χ0) is 11.9. The number of aryl methyl sites for hydroxylation is 1. The minimum absolute atomic E-state index is 0.0504. The molecule has 0 spiro atoms. The number of benzene rings is 1. The van der Waals surface area contributed by atoms with Crippen molar-refractivity contribution in [1.82, 2.24) is 0 Å². The summed E-state index contributed by atoms with van der Waals surface area (Å²) in [6.07, 6.45) is 0.326. The van der Waals surface area contributed by atoms with Crippen LogP contribution in [0.3, 0.4) is 0 Å². The molecule has 2 heteroatoms. The molecule has 0 saturated heterocycles. The summed E-state index contributed by atoms with van der Waals surface area (Å²) in [4.78, 5) is 0. The third-order valence-electron chi connectivity index (χ3n) is 3.19. The van der Waals surface area contributed by atoms with Crippen molar-refractivity contribution in [3.63, 3.8) is 0 Å². The average Bonchev–Trinajstić information content (AvgIpc) is 2.16. The molecule has 0 bridgehead atoms. The van der Waals surface area contributed by atoms with E-state index in [1.807, 2.05) is 6.92 Å². The highest BCUT2D eigenvalue weighted by Gasteiger charge is 2.28. The third kappa shape index (κ3) is 1.82. The van der Waals surface area contributed by atoms with Crippen LogP contribution in [0.2, 0.25) is 0 Å². The molecule has 0 saturated carbocycles. The quantitative estimate of drug-likeness (QED) is 0.728. The average molecular weight is 220 g/mol. The molecule has 0 radical (unpaired) electrons. The molecule has 88 valence electrons. The van der Waals surface area contributed by atoms with E-state index in [0.717, 1.165) is 16.9 Å². The number of rotatable bonds is 0. The van der Waals surface area contributed by atoms with Crippen LogP contribution in [-0.2, 0) is 5.41 Å². The molecule has 2 nitrogen and oxygen atoms in total. The summed E-state index contributed by atoms with van der Waals surface area (Å²) in [5.41, 5.74) is 3.34. The second kappa shape index (κ2) is 3.77. The first kappa shape index (κ1) is 11.5. The van der Waals surface area contributed by atoms with Crippen molar-refractivity contribution in [2.45, 2.75) is 45.6 Å². The molecule has 1 N–H and O–H groups in total. The predicted octanol–water partition coefficient (Wildman–Crippen LogP) is 3.11. The fraction of sp³-hybridized carbons (Fsp3) is 0.571. The Kier molecular flexibility index (Phi) is 2.70. The minimum atomic E-state index is -0.369. The fourth-order valence-corrected chi connectivity index (χ4v) is 2.28. The Labute approximate surface area is 97.3 Å². The van der Waals surface area contributed by atoms with Crippen LogP contribution in [0.4, 0.5) is 0 Å². The van der Waals surface area contributed by atoms with Crippen LogP contribution in [-0.4, -0.2) is 11.7 Å². The summed E-state index contributed by atoms with van der Waals surface area (Å²) < 4.78 is 5.77. The van der Waals surface area contributed by atoms with Crippen molar-refractivity contribution in [2.24, 2.45) is 0 Å². The molecule has 0 amide bonds. The fourth-order valence-electron chi connectivity index (χ4n) is 2.28. The molecule has 1 aromatic carbocycles. The normalized spacial score (nSPS) is 20.2. The zero-order valence-electron chi connectivity index (χ0n) is 10.5. The maximum Gasteiger partial charge on any atom is 0.129 e. The summed E-state index contributed by atoms with van der Waals surface area (Å²) in [6, 6.07) is 4.20. The van der Waals surface area contributed by atoms with Crippen molar-refractivity contribution in [3.8, 4) is 5.75 Å². The Morgan fingerprint density at radius 1 is 1.31 bits per heavy atom. The van der Waals surface area contributed by atoms with Crippen molar-refractivity contribution < 1.29 is 9.84 Å². The lowest BCUT2D eigenvalue weighted by atomic mass is 9.82. The van der Waals surface area contributed by atoms with Gasteiger partial charge in [0.15, 0.2) is 0 Å². The van der Waals surface area contributed by atoms with Crippen molar-refractivity contribution in [3.05, 3.63) is 28.8 Å². The van der Waals surface area contributed by atoms with Crippen LogP contribution >= 0.6 is 0 Å². The molecule has 2 rings (SSSR count). The first-order valence-electron chi connectivity index (χ1n) is 5.86. The molecule has 0 aliphatic carbocycles. The molecule has 0 fully saturated rings. The second-order valence-corrected chi connectivity index (χ2v) is 5.58. The summed E-state index contributed by atoms with van der Waals surface area (Å²) in [5.74, 6) is 0.909. The Bertz CT molecular complexity index is 402. The van der Waals surface area contributed by atoms with Gasteiger partial charge < -0.3 is 9.84 Å². The van der Waals surface area contributed by atoms with Crippen LogP contribution in [0, 0.1) is 6.92 Å². The SMILES string of the molecule is Cc1ccc(C(C)(C)C)c2c1[C@@H](O)CCO2. The van der Waals surface area contributed by atoms with E-state index < -0.39 is 0 Å². The molecule has 1 aliphatic rings. The van der Waals surface area contributed by atoms with E-state index in [1.165, 1.54) is 5.56 Å². The maximum absolute atomic E-state index is 10.1. The van der Waals surface area contributed by atoms with E-state index in [-0.39, 0.29) is 11.5 Å². The highest BCUT2D eigenvalue weighted by atomic mass is 16.5. The largest absolute Gasteiger partial charge is 0.493 e. The number of hydrogen-bond donors (Lipinski definition) is 1. The highest BCUT2D eigenvalue weighted by molar-refractivity contribution is 5.51. The molecule has 1 heterocycles. The van der Waals surface area contributed by atoms with Crippen LogP contribution in [0.1, 0.15) is 50.0 Å². The van der Waals surface area contributed by atoms with E-state index in [4.69, 9.17) is 4.74 Å². The van der Waals surface area contributed by atoms with Gasteiger partial charge in [-0.05, 0) is 23.5 Å². The first-order chi connectivity index (χ1) is 7.41. The Morgan fingerprint density at radius 3 is 2.62 bits per heavy atom. The molecular weight excluding hydrogens is 200 g/mol. The lowest BCUT2D eigenvalue weighted by Crippen LogP contribution is -2.21. The summed E-state index contributed by atoms with van der Waals surface area (Å²) in [6.45, 7) is 9.15. The van der Waals surface area contributed by atoms with E-state index in [2.05, 4.69) is 32.9 Å². The van der Waals surface area contributed by atoms with Gasteiger partial charge in [0.2, 0.25) is 0 Å². The predicted molar refractivity (Wildman–Crippen MR) is 65.0 cm³/mol. The van der Waals surface area contributed by atoms with Crippen molar-refractivity contribution in [2.75, 3.05) is 6.61 Å². The standard InChI is InChI=1S/C14H20O2/c1-9-5-6-10(14(2,3)4)13-12(9)11(15)7-8-16-13/h5-6,11,15H,7-8H2,1-4H3/t11-/m0/s1. The van der Waals surface area contributed by atoms with Gasteiger partial charge in [0.05, 0.1) is 12.7 Å². The number of hydrogen-bond acceptors (Lipinski definition) is 2. The van der Waals surface area contributed by atoms with Gasteiger partial charge in [-0.15, -0.1) is 0 Å². The van der Waals surface area contributed by atoms with Crippen molar-refractivity contribution >= 4 is 0 Å². The van der Waals surface area contributed by atoms with E-state index in [1.54, 1.807) is 0 Å². The molecule has 16 heavy (non-hydrogen) atoms. The molecule has 0 aromatic heterocycles. The smallest absolute Gasteiger partial charge is 0.129 e. The third-order valence-corrected chi connectivity index (χ3v) is 3.19. The van der Waals surface area contributed by atoms with Crippen LogP contribution in [0.5, 0.6) is 5.75 Å². The van der Waals surface area contributed by atoms with Crippen molar-refractivity contribution in [1.29, 1.82) is 0 Å². The van der Waals surface area contributed by atoms with Gasteiger partial charge in [0.25, 0.3) is 0 Å². The number of fused-ring (bicyclic) bond motifs is 1. The molecule has 1 aliphatic heterocycles. The van der Waals surface area contributed by atoms with Crippen LogP contribution in [0.15, 0.2) is 12.1 Å². The Morgan fingerprint density at radius 2 is 2.00 bits per heavy atom. The van der Waals surface area contributed by atoms with Gasteiger partial charge in [0, 0.05) is 12.0 Å². The van der Waals surface area contributed by atoms with E-state index >= 15 is 0 Å². The molecule has 0 unspecified atom stereocenters. The van der Waals surface area contributed by atoms with Gasteiger partial charge >= 0.3 is 0 Å². The highest BCUT2D eigenvalue weighted by Crippen LogP contribution is 2.41.